The third-order valence-corrected chi connectivity index (χ3v) is 5.78. The van der Waals surface area contributed by atoms with Gasteiger partial charge in [0.05, 0.1) is 5.92 Å². The van der Waals surface area contributed by atoms with Crippen molar-refractivity contribution in [2.45, 2.75) is 45.1 Å². The summed E-state index contributed by atoms with van der Waals surface area (Å²) in [4.78, 5) is 11.0. The second-order valence-electron chi connectivity index (χ2n) is 6.57. The molecule has 1 aliphatic carbocycles. The lowest BCUT2D eigenvalue weighted by Crippen LogP contribution is -2.38. The maximum absolute atomic E-state index is 11.0. The van der Waals surface area contributed by atoms with Gasteiger partial charge in [0, 0.05) is 23.7 Å². The van der Waals surface area contributed by atoms with Gasteiger partial charge in [-0.2, -0.15) is 0 Å². The molecule has 23 heavy (non-hydrogen) atoms. The van der Waals surface area contributed by atoms with Gasteiger partial charge in [-0.15, -0.1) is 0 Å². The van der Waals surface area contributed by atoms with Gasteiger partial charge in [0.2, 0.25) is 0 Å². The van der Waals surface area contributed by atoms with Crippen LogP contribution in [0.15, 0.2) is 22.7 Å². The number of aliphatic carboxylic acids is 1. The zero-order valence-electron chi connectivity index (χ0n) is 13.6. The molecule has 0 bridgehead atoms. The van der Waals surface area contributed by atoms with Crippen LogP contribution in [0, 0.1) is 18.8 Å². The van der Waals surface area contributed by atoms with Crippen LogP contribution in [-0.4, -0.2) is 35.4 Å². The smallest absolute Gasteiger partial charge is 0.306 e. The highest BCUT2D eigenvalue weighted by Crippen LogP contribution is 2.25. The third kappa shape index (κ3) is 5.30. The number of hydrogen-bond donors (Lipinski definition) is 3. The van der Waals surface area contributed by atoms with Crippen molar-refractivity contribution in [3.63, 3.8) is 0 Å². The first-order valence-corrected chi connectivity index (χ1v) is 9.11. The zero-order chi connectivity index (χ0) is 16.8. The molecule has 1 atom stereocenters. The topological polar surface area (TPSA) is 69.6 Å². The fourth-order valence-corrected chi connectivity index (χ4v) is 3.67. The summed E-state index contributed by atoms with van der Waals surface area (Å²) in [5.41, 5.74) is 2.49. The van der Waals surface area contributed by atoms with E-state index in [1.54, 1.807) is 0 Å². The molecule has 4 nitrogen and oxygen atoms in total. The van der Waals surface area contributed by atoms with Crippen LogP contribution in [0.3, 0.4) is 0 Å². The van der Waals surface area contributed by atoms with Crippen LogP contribution < -0.4 is 5.32 Å². The van der Waals surface area contributed by atoms with Gasteiger partial charge in [-0.1, -0.05) is 28.1 Å². The molecule has 3 N–H and O–H groups in total. The Bertz CT molecular complexity index is 527. The minimum atomic E-state index is -0.665. The lowest BCUT2D eigenvalue weighted by Gasteiger charge is -2.28. The summed E-state index contributed by atoms with van der Waals surface area (Å²) in [6.45, 7) is 3.02. The summed E-state index contributed by atoms with van der Waals surface area (Å²) in [7, 11) is 0. The van der Waals surface area contributed by atoms with Gasteiger partial charge in [-0.05, 0) is 62.1 Å². The first-order chi connectivity index (χ1) is 11.0. The van der Waals surface area contributed by atoms with Crippen LogP contribution in [0.1, 0.15) is 36.8 Å². The number of rotatable bonds is 7. The molecule has 128 valence electrons. The minimum absolute atomic E-state index is 0.156. The summed E-state index contributed by atoms with van der Waals surface area (Å²) in [6, 6.07) is 6.55. The van der Waals surface area contributed by atoms with E-state index in [9.17, 15) is 9.90 Å². The Morgan fingerprint density at radius 2 is 2.04 bits per heavy atom. The van der Waals surface area contributed by atoms with E-state index in [0.717, 1.165) is 43.1 Å². The fraction of sp³-hybridized carbons (Fsp3) is 0.611. The van der Waals surface area contributed by atoms with Crippen molar-refractivity contribution in [1.29, 1.82) is 0 Å². The van der Waals surface area contributed by atoms with Gasteiger partial charge in [0.1, 0.15) is 0 Å². The second kappa shape index (κ2) is 8.81. The molecule has 0 aromatic heterocycles. The quantitative estimate of drug-likeness (QED) is 0.676. The van der Waals surface area contributed by atoms with Crippen LogP contribution in [0.4, 0.5) is 0 Å². The number of aliphatic hydroxyl groups excluding tert-OH is 1. The van der Waals surface area contributed by atoms with E-state index in [-0.39, 0.29) is 18.4 Å². The molecule has 0 spiro atoms. The van der Waals surface area contributed by atoms with Crippen LogP contribution in [0.5, 0.6) is 0 Å². The highest BCUT2D eigenvalue weighted by atomic mass is 79.9. The maximum Gasteiger partial charge on any atom is 0.306 e. The fourth-order valence-electron chi connectivity index (χ4n) is 3.26. The summed E-state index contributed by atoms with van der Waals surface area (Å²) in [5, 5.41) is 22.2. The normalized spacial score (nSPS) is 22.7. The Labute approximate surface area is 146 Å². The molecule has 1 fully saturated rings. The molecule has 1 aromatic rings. The van der Waals surface area contributed by atoms with Gasteiger partial charge < -0.3 is 15.5 Å². The molecule has 0 heterocycles. The van der Waals surface area contributed by atoms with Crippen molar-refractivity contribution in [3.8, 4) is 0 Å². The number of aliphatic hydroxyl groups is 1. The molecule has 0 amide bonds. The maximum atomic E-state index is 11.0. The van der Waals surface area contributed by atoms with E-state index in [1.165, 1.54) is 11.1 Å². The Kier molecular flexibility index (Phi) is 7.06. The zero-order valence-corrected chi connectivity index (χ0v) is 15.2. The summed E-state index contributed by atoms with van der Waals surface area (Å²) in [5.74, 6) is -0.659. The minimum Gasteiger partial charge on any atom is -0.481 e. The Hall–Kier alpha value is -0.910. The van der Waals surface area contributed by atoms with E-state index in [4.69, 9.17) is 5.11 Å². The van der Waals surface area contributed by atoms with Crippen LogP contribution >= 0.6 is 15.9 Å². The number of benzene rings is 1. The molecule has 1 aliphatic rings. The molecule has 5 heteroatoms. The van der Waals surface area contributed by atoms with Crippen LogP contribution in [-0.2, 0) is 11.2 Å². The highest BCUT2D eigenvalue weighted by molar-refractivity contribution is 9.10. The van der Waals surface area contributed by atoms with Crippen molar-refractivity contribution < 1.29 is 15.0 Å². The monoisotopic (exact) mass is 383 g/mol. The van der Waals surface area contributed by atoms with Crippen molar-refractivity contribution in [1.82, 2.24) is 5.32 Å². The molecular formula is C18H26BrNO3. The average Bonchev–Trinajstić information content (AvgIpc) is 2.55. The van der Waals surface area contributed by atoms with E-state index < -0.39 is 5.97 Å². The standard InChI is InChI=1S/C18H26BrNO3/c1-12-15(3-2-4-17(12)19)9-13(11-21)10-20-16-7-5-14(6-8-16)18(22)23/h2-4,13-14,16,20-21H,5-11H2,1H3,(H,22,23). The van der Waals surface area contributed by atoms with Gasteiger partial charge in [-0.3, -0.25) is 4.79 Å². The third-order valence-electron chi connectivity index (χ3n) is 4.92. The van der Waals surface area contributed by atoms with E-state index in [0.29, 0.717) is 6.04 Å². The van der Waals surface area contributed by atoms with Gasteiger partial charge in [0.15, 0.2) is 0 Å². The highest BCUT2D eigenvalue weighted by Gasteiger charge is 2.26. The molecular weight excluding hydrogens is 358 g/mol. The van der Waals surface area contributed by atoms with Crippen molar-refractivity contribution >= 4 is 21.9 Å². The van der Waals surface area contributed by atoms with Crippen molar-refractivity contribution in [3.05, 3.63) is 33.8 Å². The first kappa shape index (κ1) is 18.4. The molecule has 0 aliphatic heterocycles. The van der Waals surface area contributed by atoms with E-state index in [2.05, 4.69) is 34.2 Å². The van der Waals surface area contributed by atoms with Gasteiger partial charge >= 0.3 is 5.97 Å². The lowest BCUT2D eigenvalue weighted by atomic mass is 9.86. The number of nitrogens with one attached hydrogen (secondary N) is 1. The lowest BCUT2D eigenvalue weighted by molar-refractivity contribution is -0.142. The van der Waals surface area contributed by atoms with Crippen LogP contribution in [0.25, 0.3) is 0 Å². The number of hydrogen-bond acceptors (Lipinski definition) is 3. The SMILES string of the molecule is Cc1c(Br)cccc1CC(CO)CNC1CCC(C(=O)O)CC1. The van der Waals surface area contributed by atoms with E-state index in [1.807, 2.05) is 12.1 Å². The Morgan fingerprint density at radius 3 is 2.65 bits per heavy atom. The molecule has 0 saturated heterocycles. The molecule has 1 saturated carbocycles. The first-order valence-electron chi connectivity index (χ1n) is 8.32. The number of halogens is 1. The molecule has 1 aromatic carbocycles. The predicted molar refractivity (Wildman–Crippen MR) is 94.5 cm³/mol. The predicted octanol–water partition coefficient (Wildman–Crippen LogP) is 3.14. The second-order valence-corrected chi connectivity index (χ2v) is 7.43. The van der Waals surface area contributed by atoms with Crippen molar-refractivity contribution in [2.75, 3.05) is 13.2 Å². The van der Waals surface area contributed by atoms with E-state index >= 15 is 0 Å². The average molecular weight is 384 g/mol. The largest absolute Gasteiger partial charge is 0.481 e. The molecule has 2 rings (SSSR count). The van der Waals surface area contributed by atoms with Gasteiger partial charge in [-0.25, -0.2) is 0 Å². The van der Waals surface area contributed by atoms with Crippen molar-refractivity contribution in [2.24, 2.45) is 11.8 Å². The molecule has 0 radical (unpaired) electrons. The number of carboxylic acid groups (broad SMARTS) is 1. The summed E-state index contributed by atoms with van der Waals surface area (Å²) >= 11 is 3.55. The molecule has 1 unspecified atom stereocenters. The van der Waals surface area contributed by atoms with Crippen LogP contribution in [0.2, 0.25) is 0 Å². The van der Waals surface area contributed by atoms with Gasteiger partial charge in [0.25, 0.3) is 0 Å². The Balaban J connectivity index is 1.81. The number of carboxylic acids is 1. The summed E-state index contributed by atoms with van der Waals surface area (Å²) < 4.78 is 1.10. The number of carbonyl (C=O) groups is 1. The summed E-state index contributed by atoms with van der Waals surface area (Å²) in [6.07, 6.45) is 4.17. The Morgan fingerprint density at radius 1 is 1.35 bits per heavy atom.